The van der Waals surface area contributed by atoms with Gasteiger partial charge in [0, 0.05) is 121 Å². The van der Waals surface area contributed by atoms with Crippen molar-refractivity contribution in [3.63, 3.8) is 0 Å². The molecule has 8 aliphatic heterocycles. The summed E-state index contributed by atoms with van der Waals surface area (Å²) >= 11 is 0. The molecule has 20 aromatic carbocycles. The molecule has 32 rings (SSSR count). The van der Waals surface area contributed by atoms with Crippen LogP contribution in [0, 0.1) is 0 Å². The Morgan fingerprint density at radius 3 is 0.936 bits per heavy atom. The van der Waals surface area contributed by atoms with Crippen LogP contribution in [0.4, 0.5) is 0 Å². The summed E-state index contributed by atoms with van der Waals surface area (Å²) in [6.07, 6.45) is 0. The van der Waals surface area contributed by atoms with Crippen molar-refractivity contribution < 1.29 is 0 Å². The fourth-order valence-corrected chi connectivity index (χ4v) is 27.8. The SMILES string of the molecule is CC1(C)c2ccccc2B2c3cc(-c4ccccc4)ccc3-n3c4ccccc4c4ccc1c2c43.CC1(C)c2ccccc2B2c3ccc(-c4ccccc4)cc3-n3c4ccccc4c4ccc1c2c43.CC1(C)c2ccccc2B2c3cccc(-c4ccccc4)c3-n3c4ccccc4c4ccc1c2c43.CC1(C)c2ccccc2B2c3ccccc3-n3c4c(-c5ccccc5)cccc4c4ccc1c2c43. The predicted octanol–water partition coefficient (Wildman–Crippen LogP) is 23.7. The van der Waals surface area contributed by atoms with Crippen LogP contribution in [0.3, 0.4) is 0 Å². The maximum absolute atomic E-state index is 2.57. The van der Waals surface area contributed by atoms with E-state index in [2.05, 4.69) is 510 Å². The van der Waals surface area contributed by atoms with Crippen molar-refractivity contribution in [1.82, 2.24) is 18.3 Å². The first kappa shape index (κ1) is 81.1. The van der Waals surface area contributed by atoms with Gasteiger partial charge in [-0.05, 0) is 158 Å². The zero-order valence-corrected chi connectivity index (χ0v) is 79.7. The molecule has 0 spiro atoms. The van der Waals surface area contributed by atoms with Gasteiger partial charge in [0.1, 0.15) is 0 Å². The maximum atomic E-state index is 2.57. The minimum absolute atomic E-state index is 0.0423. The predicted molar refractivity (Wildman–Crippen MR) is 598 cm³/mol. The molecule has 0 unspecified atom stereocenters. The Morgan fingerprint density at radius 1 is 0.164 bits per heavy atom. The average molecular weight is 1780 g/mol. The van der Waals surface area contributed by atoms with Crippen molar-refractivity contribution in [3.05, 3.63) is 481 Å². The van der Waals surface area contributed by atoms with Crippen LogP contribution in [0.5, 0.6) is 0 Å². The van der Waals surface area contributed by atoms with Gasteiger partial charge >= 0.3 is 0 Å². The summed E-state index contributed by atoms with van der Waals surface area (Å²) < 4.78 is 10.2. The van der Waals surface area contributed by atoms with Gasteiger partial charge in [0.05, 0.1) is 22.1 Å². The third kappa shape index (κ3) is 11.0. The minimum atomic E-state index is -0.0492. The smallest absolute Gasteiger partial charge is 0.247 e. The normalized spacial score (nSPS) is 14.7. The topological polar surface area (TPSA) is 19.7 Å². The largest absolute Gasteiger partial charge is 0.310 e. The molecule has 0 fully saturated rings. The van der Waals surface area contributed by atoms with Gasteiger partial charge in [0.25, 0.3) is 0 Å². The van der Waals surface area contributed by atoms with Gasteiger partial charge in [-0.2, -0.15) is 0 Å². The molecule has 0 saturated heterocycles. The molecule has 0 amide bonds. The Hall–Kier alpha value is -16.1. The average Bonchev–Trinajstić information content (AvgIpc) is 1.50. The molecule has 140 heavy (non-hydrogen) atoms. The Balaban J connectivity index is 0.0000000896. The Bertz CT molecular complexity index is 9430. The number of hydrogen-bond donors (Lipinski definition) is 0. The molecule has 4 aromatic heterocycles. The molecule has 4 nitrogen and oxygen atoms in total. The summed E-state index contributed by atoms with van der Waals surface area (Å²) in [7, 11) is 0. The highest BCUT2D eigenvalue weighted by Gasteiger charge is 2.51. The second-order valence-corrected chi connectivity index (χ2v) is 42.2. The molecule has 8 aliphatic rings. The van der Waals surface area contributed by atoms with Gasteiger partial charge < -0.3 is 18.3 Å². The summed E-state index contributed by atoms with van der Waals surface area (Å²) in [4.78, 5) is 0. The minimum Gasteiger partial charge on any atom is -0.310 e. The summed E-state index contributed by atoms with van der Waals surface area (Å²) in [6.45, 7) is 20.1. The van der Waals surface area contributed by atoms with Gasteiger partial charge in [0.2, 0.25) is 26.9 Å². The van der Waals surface area contributed by atoms with Crippen LogP contribution in [0.15, 0.2) is 437 Å². The van der Waals surface area contributed by atoms with Crippen molar-refractivity contribution in [2.45, 2.75) is 77.0 Å². The lowest BCUT2D eigenvalue weighted by Gasteiger charge is -2.41. The van der Waals surface area contributed by atoms with E-state index in [4.69, 9.17) is 0 Å². The first-order valence-electron chi connectivity index (χ1n) is 50.0. The molecular formula is C132H96B4N4. The van der Waals surface area contributed by atoms with Crippen LogP contribution in [-0.4, -0.2) is 45.1 Å². The van der Waals surface area contributed by atoms with E-state index >= 15 is 0 Å². The van der Waals surface area contributed by atoms with Gasteiger partial charge in [-0.25, -0.2) is 0 Å². The quantitative estimate of drug-likeness (QED) is 0.157. The van der Waals surface area contributed by atoms with E-state index in [9.17, 15) is 0 Å². The Morgan fingerprint density at radius 2 is 0.464 bits per heavy atom. The van der Waals surface area contributed by atoms with Gasteiger partial charge in [-0.3, -0.25) is 0 Å². The standard InChI is InChI=1S/4C33H24BN/c1-33(2)25-15-7-8-16-27(25)34-28-17-10-14-22(21-11-4-3-5-12-21)31(28)35-29-18-9-6-13-23(29)24-19-20-26(33)30(34)32(24)35;1-33(2)25-13-7-8-14-27(25)34-28-20-22(21-10-4-3-5-11-21)16-19-30(28)35-29-15-9-6-12-23(29)24-17-18-26(33)31(34)32(24)35;1-33(2)25-13-7-8-14-27(25)34-28-19-16-22(21-10-4-3-5-11-21)20-30(28)35-29-15-9-6-12-23(29)24-17-18-26(33)31(34)32(24)35;1-33(2)25-15-6-7-16-27(25)34-28-17-8-9-18-29(28)35-31-22(21-11-4-3-5-12-21)13-10-14-23(31)24-19-20-26(33)30(34)32(24)35/h4*3-20H,1-2H3. The summed E-state index contributed by atoms with van der Waals surface area (Å²) in [6, 6.07) is 162. The molecule has 0 aliphatic carbocycles. The van der Waals surface area contributed by atoms with E-state index in [1.165, 1.54) is 265 Å². The zero-order valence-electron chi connectivity index (χ0n) is 79.7. The van der Waals surface area contributed by atoms with E-state index in [0.717, 1.165) is 0 Å². The van der Waals surface area contributed by atoms with Crippen molar-refractivity contribution >= 4 is 180 Å². The lowest BCUT2D eigenvalue weighted by atomic mass is 9.30. The molecule has 0 N–H and O–H groups in total. The molecule has 0 saturated carbocycles. The Kier molecular flexibility index (Phi) is 17.2. The molecule has 8 heteroatoms. The molecule has 0 radical (unpaired) electrons. The monoisotopic (exact) mass is 1780 g/mol. The third-order valence-electron chi connectivity index (χ3n) is 33.9. The molecule has 24 aromatic rings. The Labute approximate surface area is 817 Å². The van der Waals surface area contributed by atoms with Crippen molar-refractivity contribution in [3.8, 4) is 67.3 Å². The van der Waals surface area contributed by atoms with Crippen LogP contribution in [0.2, 0.25) is 0 Å². The van der Waals surface area contributed by atoms with E-state index in [1.807, 2.05) is 0 Å². The first-order valence-corrected chi connectivity index (χ1v) is 50.0. The number of rotatable bonds is 4. The molecular weight excluding hydrogens is 1680 g/mol. The van der Waals surface area contributed by atoms with Crippen LogP contribution >= 0.6 is 0 Å². The second kappa shape index (κ2) is 29.7. The third-order valence-corrected chi connectivity index (χ3v) is 33.9. The highest BCUT2D eigenvalue weighted by atomic mass is 15.0. The lowest BCUT2D eigenvalue weighted by molar-refractivity contribution is 0.646. The molecule has 656 valence electrons. The first-order chi connectivity index (χ1) is 68.6. The van der Waals surface area contributed by atoms with Crippen LogP contribution < -0.4 is 65.6 Å². The zero-order chi connectivity index (χ0) is 93.2. The van der Waals surface area contributed by atoms with Gasteiger partial charge in [-0.1, -0.05) is 478 Å². The van der Waals surface area contributed by atoms with Gasteiger partial charge in [-0.15, -0.1) is 0 Å². The second-order valence-electron chi connectivity index (χ2n) is 42.2. The van der Waals surface area contributed by atoms with Crippen molar-refractivity contribution in [2.24, 2.45) is 0 Å². The highest BCUT2D eigenvalue weighted by molar-refractivity contribution is 7.01. The number of nitrogens with zero attached hydrogens (tertiary/aromatic N) is 4. The number of fused-ring (bicyclic) bond motifs is 32. The van der Waals surface area contributed by atoms with E-state index in [1.54, 1.807) is 0 Å². The summed E-state index contributed by atoms with van der Waals surface area (Å²) in [5.74, 6) is 0. The van der Waals surface area contributed by atoms with Crippen molar-refractivity contribution in [1.29, 1.82) is 0 Å². The summed E-state index contributed by atoms with van der Waals surface area (Å²) in [5.41, 5.74) is 54.9. The van der Waals surface area contributed by atoms with Crippen LogP contribution in [-0.2, 0) is 21.7 Å². The molecule has 0 bridgehead atoms. The van der Waals surface area contributed by atoms with Crippen molar-refractivity contribution in [2.75, 3.05) is 0 Å². The highest BCUT2D eigenvalue weighted by Crippen LogP contribution is 2.50. The van der Waals surface area contributed by atoms with E-state index in [0.29, 0.717) is 0 Å². The number of para-hydroxylation sites is 6. The number of benzene rings is 20. The maximum Gasteiger partial charge on any atom is 0.247 e. The van der Waals surface area contributed by atoms with Crippen LogP contribution in [0.25, 0.3) is 154 Å². The molecule has 0 atom stereocenters. The van der Waals surface area contributed by atoms with E-state index in [-0.39, 0.29) is 48.5 Å². The molecule has 12 heterocycles. The van der Waals surface area contributed by atoms with Gasteiger partial charge in [0.15, 0.2) is 0 Å². The number of hydrogen-bond acceptors (Lipinski definition) is 0. The lowest BCUT2D eigenvalue weighted by Crippen LogP contribution is -2.63. The van der Waals surface area contributed by atoms with E-state index < -0.39 is 0 Å². The fraction of sp³-hybridized carbons (Fsp3) is 0.0909. The number of aromatic nitrogens is 4. The fourth-order valence-electron chi connectivity index (χ4n) is 27.8. The summed E-state index contributed by atoms with van der Waals surface area (Å²) in [5, 5.41) is 10.7. The van der Waals surface area contributed by atoms with Crippen LogP contribution in [0.1, 0.15) is 99.9 Å².